The molecular formula is C18H22N2O2. The molecule has 0 saturated heterocycles. The number of nitrogens with zero attached hydrogens (tertiary/aromatic N) is 2. The molecule has 0 aromatic heterocycles. The van der Waals surface area contributed by atoms with E-state index in [4.69, 9.17) is 14.5 Å². The second kappa shape index (κ2) is 7.50. The number of hydrogen-bond acceptors (Lipinski definition) is 3. The van der Waals surface area contributed by atoms with Gasteiger partial charge in [0.15, 0.2) is 0 Å². The van der Waals surface area contributed by atoms with Gasteiger partial charge in [-0.1, -0.05) is 0 Å². The molecule has 4 nitrogen and oxygen atoms in total. The molecule has 4 heteroatoms. The van der Waals surface area contributed by atoms with Crippen molar-refractivity contribution in [2.75, 3.05) is 27.8 Å². The summed E-state index contributed by atoms with van der Waals surface area (Å²) in [4.78, 5) is 6.73. The standard InChI is InChI=1S/C18H22N2O2/c1-5-22-17-12-8-15(9-13-17)19-18(20(2)3)14-6-10-16(21-4)11-7-14/h6-13H,5H2,1-4H3. The lowest BCUT2D eigenvalue weighted by Gasteiger charge is -2.16. The second-order valence-electron chi connectivity index (χ2n) is 4.99. The molecule has 22 heavy (non-hydrogen) atoms. The molecule has 0 fully saturated rings. The van der Waals surface area contributed by atoms with E-state index in [0.717, 1.165) is 28.6 Å². The molecule has 2 aromatic carbocycles. The molecule has 0 unspecified atom stereocenters. The van der Waals surface area contributed by atoms with Crippen LogP contribution in [0.1, 0.15) is 12.5 Å². The maximum Gasteiger partial charge on any atom is 0.136 e. The van der Waals surface area contributed by atoms with Crippen molar-refractivity contribution in [3.8, 4) is 11.5 Å². The summed E-state index contributed by atoms with van der Waals surface area (Å²) in [6, 6.07) is 15.7. The first-order valence-electron chi connectivity index (χ1n) is 7.27. The Morgan fingerprint density at radius 3 is 2.05 bits per heavy atom. The van der Waals surface area contributed by atoms with Gasteiger partial charge in [-0.3, -0.25) is 0 Å². The van der Waals surface area contributed by atoms with Crippen LogP contribution in [0.2, 0.25) is 0 Å². The lowest BCUT2D eigenvalue weighted by Crippen LogP contribution is -2.22. The number of rotatable bonds is 5. The zero-order chi connectivity index (χ0) is 15.9. The molecule has 2 aromatic rings. The van der Waals surface area contributed by atoms with Gasteiger partial charge >= 0.3 is 0 Å². The largest absolute Gasteiger partial charge is 0.497 e. The van der Waals surface area contributed by atoms with Crippen molar-refractivity contribution in [2.24, 2.45) is 4.99 Å². The number of hydrogen-bond donors (Lipinski definition) is 0. The Hall–Kier alpha value is -2.49. The normalized spacial score (nSPS) is 11.2. The lowest BCUT2D eigenvalue weighted by molar-refractivity contribution is 0.340. The third-order valence-electron chi connectivity index (χ3n) is 3.15. The fourth-order valence-corrected chi connectivity index (χ4v) is 2.07. The highest BCUT2D eigenvalue weighted by Gasteiger charge is 2.07. The van der Waals surface area contributed by atoms with Gasteiger partial charge in [0.1, 0.15) is 17.3 Å². The fraction of sp³-hybridized carbons (Fsp3) is 0.278. The SMILES string of the molecule is CCOc1ccc(N=C(c2ccc(OC)cc2)N(C)C)cc1. The minimum Gasteiger partial charge on any atom is -0.497 e. The maximum absolute atomic E-state index is 5.45. The minimum atomic E-state index is 0.664. The van der Waals surface area contributed by atoms with Gasteiger partial charge < -0.3 is 14.4 Å². The number of aliphatic imine (C=N–C) groups is 1. The Labute approximate surface area is 132 Å². The van der Waals surface area contributed by atoms with Crippen LogP contribution in [0.4, 0.5) is 5.69 Å². The third-order valence-corrected chi connectivity index (χ3v) is 3.15. The topological polar surface area (TPSA) is 34.1 Å². The van der Waals surface area contributed by atoms with Crippen LogP contribution >= 0.6 is 0 Å². The first-order chi connectivity index (χ1) is 10.6. The van der Waals surface area contributed by atoms with E-state index >= 15 is 0 Å². The Bertz CT molecular complexity index is 617. The van der Waals surface area contributed by atoms with Crippen LogP contribution in [0.5, 0.6) is 11.5 Å². The Morgan fingerprint density at radius 2 is 1.55 bits per heavy atom. The van der Waals surface area contributed by atoms with Gasteiger partial charge in [-0.25, -0.2) is 4.99 Å². The number of amidine groups is 1. The molecule has 116 valence electrons. The van der Waals surface area contributed by atoms with E-state index < -0.39 is 0 Å². The average molecular weight is 298 g/mol. The van der Waals surface area contributed by atoms with E-state index in [1.165, 1.54) is 0 Å². The Morgan fingerprint density at radius 1 is 0.955 bits per heavy atom. The highest BCUT2D eigenvalue weighted by Crippen LogP contribution is 2.20. The van der Waals surface area contributed by atoms with Crippen LogP contribution in [-0.2, 0) is 0 Å². The molecular weight excluding hydrogens is 276 g/mol. The van der Waals surface area contributed by atoms with Gasteiger partial charge in [-0.2, -0.15) is 0 Å². The van der Waals surface area contributed by atoms with E-state index in [2.05, 4.69) is 0 Å². The van der Waals surface area contributed by atoms with E-state index in [0.29, 0.717) is 6.61 Å². The molecule has 2 rings (SSSR count). The van der Waals surface area contributed by atoms with Crippen LogP contribution in [0, 0.1) is 0 Å². The van der Waals surface area contributed by atoms with E-state index in [1.54, 1.807) is 7.11 Å². The third kappa shape index (κ3) is 4.01. The summed E-state index contributed by atoms with van der Waals surface area (Å²) >= 11 is 0. The average Bonchev–Trinajstić information content (AvgIpc) is 2.54. The number of methoxy groups -OCH3 is 1. The predicted octanol–water partition coefficient (Wildman–Crippen LogP) is 3.73. The molecule has 0 atom stereocenters. The molecule has 0 heterocycles. The summed E-state index contributed by atoms with van der Waals surface area (Å²) in [6.07, 6.45) is 0. The zero-order valence-electron chi connectivity index (χ0n) is 13.5. The number of benzene rings is 2. The van der Waals surface area contributed by atoms with Gasteiger partial charge in [0, 0.05) is 19.7 Å². The molecule has 0 aliphatic rings. The van der Waals surface area contributed by atoms with Crippen LogP contribution in [-0.4, -0.2) is 38.5 Å². The van der Waals surface area contributed by atoms with Gasteiger partial charge in [0.05, 0.1) is 19.4 Å². The van der Waals surface area contributed by atoms with Crippen molar-refractivity contribution in [1.82, 2.24) is 4.90 Å². The summed E-state index contributed by atoms with van der Waals surface area (Å²) in [5.74, 6) is 2.59. The number of ether oxygens (including phenoxy) is 2. The molecule has 0 spiro atoms. The Balaban J connectivity index is 2.29. The summed E-state index contributed by atoms with van der Waals surface area (Å²) in [5.41, 5.74) is 1.93. The highest BCUT2D eigenvalue weighted by atomic mass is 16.5. The minimum absolute atomic E-state index is 0.664. The fourth-order valence-electron chi connectivity index (χ4n) is 2.07. The summed E-state index contributed by atoms with van der Waals surface area (Å²) in [6.45, 7) is 2.64. The van der Waals surface area contributed by atoms with Crippen molar-refractivity contribution in [3.05, 3.63) is 54.1 Å². The van der Waals surface area contributed by atoms with Crippen LogP contribution in [0.3, 0.4) is 0 Å². The molecule has 0 aliphatic carbocycles. The van der Waals surface area contributed by atoms with Crippen molar-refractivity contribution >= 4 is 11.5 Å². The molecule has 0 aliphatic heterocycles. The highest BCUT2D eigenvalue weighted by molar-refractivity contribution is 6.00. The van der Waals surface area contributed by atoms with Crippen molar-refractivity contribution in [2.45, 2.75) is 6.92 Å². The van der Waals surface area contributed by atoms with Crippen LogP contribution in [0.15, 0.2) is 53.5 Å². The second-order valence-corrected chi connectivity index (χ2v) is 4.99. The molecule has 0 saturated carbocycles. The van der Waals surface area contributed by atoms with Gasteiger partial charge in [0.25, 0.3) is 0 Å². The molecule has 0 bridgehead atoms. The van der Waals surface area contributed by atoms with Crippen LogP contribution in [0.25, 0.3) is 0 Å². The first kappa shape index (κ1) is 15.9. The lowest BCUT2D eigenvalue weighted by atomic mass is 10.2. The maximum atomic E-state index is 5.45. The van der Waals surface area contributed by atoms with Crippen molar-refractivity contribution in [3.63, 3.8) is 0 Å². The summed E-state index contributed by atoms with van der Waals surface area (Å²) in [5, 5.41) is 0. The van der Waals surface area contributed by atoms with Gasteiger partial charge in [-0.15, -0.1) is 0 Å². The van der Waals surface area contributed by atoms with E-state index in [9.17, 15) is 0 Å². The smallest absolute Gasteiger partial charge is 0.136 e. The van der Waals surface area contributed by atoms with E-state index in [-0.39, 0.29) is 0 Å². The quantitative estimate of drug-likeness (QED) is 0.623. The van der Waals surface area contributed by atoms with Crippen molar-refractivity contribution < 1.29 is 9.47 Å². The van der Waals surface area contributed by atoms with Gasteiger partial charge in [-0.05, 0) is 55.5 Å². The zero-order valence-corrected chi connectivity index (χ0v) is 13.5. The summed E-state index contributed by atoms with van der Waals surface area (Å²) < 4.78 is 10.6. The molecule has 0 radical (unpaired) electrons. The Kier molecular flexibility index (Phi) is 5.42. The van der Waals surface area contributed by atoms with Crippen molar-refractivity contribution in [1.29, 1.82) is 0 Å². The van der Waals surface area contributed by atoms with Crippen LogP contribution < -0.4 is 9.47 Å². The predicted molar refractivity (Wildman–Crippen MR) is 90.5 cm³/mol. The van der Waals surface area contributed by atoms with Gasteiger partial charge in [0.2, 0.25) is 0 Å². The molecule has 0 amide bonds. The van der Waals surface area contributed by atoms with E-state index in [1.807, 2.05) is 74.4 Å². The summed E-state index contributed by atoms with van der Waals surface area (Å²) in [7, 11) is 5.63. The molecule has 0 N–H and O–H groups in total. The monoisotopic (exact) mass is 298 g/mol. The first-order valence-corrected chi connectivity index (χ1v) is 7.27.